The minimum absolute atomic E-state index is 0.178. The van der Waals surface area contributed by atoms with E-state index in [4.69, 9.17) is 37.9 Å². The Labute approximate surface area is 670 Å². The molecule has 26 heteroatoms. The molecule has 0 aliphatic carbocycles. The maximum absolute atomic E-state index is 12.5. The van der Waals surface area contributed by atoms with Crippen LogP contribution in [0.3, 0.4) is 0 Å². The Morgan fingerprint density at radius 1 is 0.250 bits per heavy atom. The second-order valence-corrected chi connectivity index (χ2v) is 25.4. The number of rotatable bonds is 26. The third-order valence-corrected chi connectivity index (χ3v) is 14.2. The summed E-state index contributed by atoms with van der Waals surface area (Å²) in [5, 5.41) is 10.6. The highest BCUT2D eigenvalue weighted by Crippen LogP contribution is 2.25. The number of ketones is 2. The van der Waals surface area contributed by atoms with E-state index in [1.165, 1.54) is 72.8 Å². The van der Waals surface area contributed by atoms with Crippen LogP contribution in [0.4, 0.5) is 22.7 Å². The van der Waals surface area contributed by atoms with Crippen LogP contribution >= 0.6 is 0 Å². The zero-order valence-corrected chi connectivity index (χ0v) is 65.7. The van der Waals surface area contributed by atoms with Crippen LogP contribution in [-0.4, -0.2) is 82.9 Å². The molecule has 8 rings (SSSR count). The molecule has 0 unspecified atom stereocenters. The lowest BCUT2D eigenvalue weighted by atomic mass is 10.0. The van der Waals surface area contributed by atoms with E-state index >= 15 is 0 Å². The predicted octanol–water partition coefficient (Wildman–Crippen LogP) is 16.1. The number of benzene rings is 8. The van der Waals surface area contributed by atoms with E-state index in [1.807, 2.05) is 0 Å². The largest absolute Gasteiger partial charge is 0.426 e. The quantitative estimate of drug-likeness (QED) is 0.0129. The number of anilines is 4. The highest BCUT2D eigenvalue weighted by Gasteiger charge is 2.18. The number of esters is 8. The van der Waals surface area contributed by atoms with Gasteiger partial charge in [0, 0.05) is 91.5 Å². The molecule has 0 heterocycles. The number of carbonyl (C=O) groups is 14. The summed E-state index contributed by atoms with van der Waals surface area (Å²) in [5.41, 5.74) is 6.48. The molecule has 0 aromatic heterocycles. The predicted molar refractivity (Wildman–Crippen MR) is 437 cm³/mol. The van der Waals surface area contributed by atoms with E-state index in [0.29, 0.717) is 119 Å². The molecule has 0 fully saturated rings. The Bertz CT molecular complexity index is 4870. The van der Waals surface area contributed by atoms with Crippen molar-refractivity contribution in [2.45, 2.75) is 76.2 Å². The first-order chi connectivity index (χ1) is 54.6. The molecule has 0 saturated carbocycles. The van der Waals surface area contributed by atoms with Gasteiger partial charge in [-0.1, -0.05) is 72.5 Å². The number of hydrogen-bond acceptors (Lipinski definition) is 22. The van der Waals surface area contributed by atoms with Crippen molar-refractivity contribution < 1.29 is 105 Å². The van der Waals surface area contributed by atoms with Crippen molar-refractivity contribution in [1.82, 2.24) is 0 Å². The zero-order chi connectivity index (χ0) is 86.6. The van der Waals surface area contributed by atoms with E-state index in [1.54, 1.807) is 191 Å². The molecule has 0 saturated heterocycles. The normalized spacial score (nSPS) is 9.83. The van der Waals surface area contributed by atoms with Gasteiger partial charge < -0.3 is 59.2 Å². The van der Waals surface area contributed by atoms with Crippen molar-refractivity contribution in [3.05, 3.63) is 314 Å². The Balaban J connectivity index is 0.000000309. The minimum Gasteiger partial charge on any atom is -0.426 e. The smallest absolute Gasteiger partial charge is 0.379 e. The summed E-state index contributed by atoms with van der Waals surface area (Å²) >= 11 is 0. The second kappa shape index (κ2) is 45.7. The number of hydrogen-bond donors (Lipinski definition) is 4. The van der Waals surface area contributed by atoms with E-state index in [9.17, 15) is 67.1 Å². The number of amides is 4. The zero-order valence-electron chi connectivity index (χ0n) is 65.7. The van der Waals surface area contributed by atoms with Gasteiger partial charge in [0.2, 0.25) is 5.78 Å². The van der Waals surface area contributed by atoms with Crippen LogP contribution in [0.2, 0.25) is 0 Å². The van der Waals surface area contributed by atoms with Gasteiger partial charge in [-0.05, 0) is 237 Å². The van der Waals surface area contributed by atoms with E-state index < -0.39 is 47.6 Å². The fourth-order valence-corrected chi connectivity index (χ4v) is 7.76. The number of Topliss-reactive ketones (excluding diaryl/α,β-unsaturated/α-hetero) is 1. The molecule has 0 spiro atoms. The van der Waals surface area contributed by atoms with Crippen LogP contribution < -0.4 is 59.2 Å². The summed E-state index contributed by atoms with van der Waals surface area (Å²) < 4.78 is 40.7. The van der Waals surface area contributed by atoms with Gasteiger partial charge in [-0.2, -0.15) is 0 Å². The lowest BCUT2D eigenvalue weighted by Gasteiger charge is -2.08. The monoisotopic (exact) mass is 1570 g/mol. The van der Waals surface area contributed by atoms with Crippen molar-refractivity contribution in [3.63, 3.8) is 0 Å². The Morgan fingerprint density at radius 3 is 0.767 bits per heavy atom. The Hall–Kier alpha value is -15.3. The van der Waals surface area contributed by atoms with E-state index in [-0.39, 0.29) is 58.2 Å². The maximum atomic E-state index is 12.5. The molecule has 4 N–H and O–H groups in total. The molecule has 8 aromatic rings. The second-order valence-electron chi connectivity index (χ2n) is 25.4. The third-order valence-electron chi connectivity index (χ3n) is 14.2. The molecule has 0 atom stereocenters. The number of nitrogens with one attached hydrogen (secondary N) is 4. The first-order valence-electron chi connectivity index (χ1n) is 34.7. The van der Waals surface area contributed by atoms with Crippen LogP contribution in [-0.2, 0) is 52.7 Å². The van der Waals surface area contributed by atoms with Gasteiger partial charge in [0.1, 0.15) is 46.0 Å². The minimum atomic E-state index is -0.962. The summed E-state index contributed by atoms with van der Waals surface area (Å²) in [5.74, 6) is -4.23. The molecule has 0 radical (unpaired) electrons. The lowest BCUT2D eigenvalue weighted by molar-refractivity contribution is -0.146. The van der Waals surface area contributed by atoms with E-state index in [0.717, 1.165) is 6.92 Å². The SMILES string of the molecule is C=C(C)C(=O)Nc1ccc(C(=O)Oc2ccc(OC(=O)C(=C)C)cc2)cc1.C=C(C)C(=O)Nc1ccc(OC(=O)C(=C)C)cc1.C=C(C)C(=O)Nc1ccc(OC(=O)c2ccc(OC(=O)C(=C)C)cc2)cc1.C=C(C)C(=O)Nc1cccc(OC(=O)C(=C)C)c1.CC(=O)C(=O)Oc1ccc(C(=O)c2ccc(OC(=O)C(C)C)cc2)cc1. The Morgan fingerprint density at radius 2 is 0.483 bits per heavy atom. The van der Waals surface area contributed by atoms with Gasteiger partial charge in [-0.15, -0.1) is 0 Å². The summed E-state index contributed by atoms with van der Waals surface area (Å²) in [4.78, 5) is 162. The Kier molecular flexibility index (Phi) is 36.7. The summed E-state index contributed by atoms with van der Waals surface area (Å²) in [6, 6.07) is 49.8. The van der Waals surface area contributed by atoms with Crippen molar-refractivity contribution in [2.75, 3.05) is 21.3 Å². The molecular formula is C90H86N4O22. The van der Waals surface area contributed by atoms with Crippen LogP contribution in [0.25, 0.3) is 0 Å². The van der Waals surface area contributed by atoms with Gasteiger partial charge in [-0.25, -0.2) is 33.6 Å². The molecular weight excluding hydrogens is 1490 g/mol. The summed E-state index contributed by atoms with van der Waals surface area (Å²) in [7, 11) is 0. The van der Waals surface area contributed by atoms with E-state index in [2.05, 4.69) is 73.9 Å². The molecule has 0 aliphatic heterocycles. The van der Waals surface area contributed by atoms with Crippen molar-refractivity contribution >= 4 is 106 Å². The first-order valence-corrected chi connectivity index (χ1v) is 34.7. The van der Waals surface area contributed by atoms with Gasteiger partial charge in [0.05, 0.1) is 17.0 Å². The van der Waals surface area contributed by atoms with Crippen molar-refractivity contribution in [3.8, 4) is 46.0 Å². The van der Waals surface area contributed by atoms with Gasteiger partial charge in [0.15, 0.2) is 5.78 Å². The molecule has 26 nitrogen and oxygen atoms in total. The lowest BCUT2D eigenvalue weighted by Crippen LogP contribution is -2.16. The van der Waals surface area contributed by atoms with Crippen LogP contribution in [0, 0.1) is 5.92 Å². The van der Waals surface area contributed by atoms with Crippen molar-refractivity contribution in [2.24, 2.45) is 5.92 Å². The molecule has 0 bridgehead atoms. The maximum Gasteiger partial charge on any atom is 0.379 e. The van der Waals surface area contributed by atoms with Crippen LogP contribution in [0.15, 0.2) is 291 Å². The molecule has 8 aromatic carbocycles. The molecule has 0 aliphatic rings. The van der Waals surface area contributed by atoms with Gasteiger partial charge in [0.25, 0.3) is 23.6 Å². The summed E-state index contributed by atoms with van der Waals surface area (Å²) in [6.45, 7) is 45.4. The van der Waals surface area contributed by atoms with Crippen molar-refractivity contribution in [1.29, 1.82) is 0 Å². The van der Waals surface area contributed by atoms with Gasteiger partial charge in [-0.3, -0.25) is 33.6 Å². The summed E-state index contributed by atoms with van der Waals surface area (Å²) in [6.07, 6.45) is 0. The average molecular weight is 1580 g/mol. The highest BCUT2D eigenvalue weighted by molar-refractivity contribution is 6.33. The van der Waals surface area contributed by atoms with Crippen LogP contribution in [0.1, 0.15) is 113 Å². The fraction of sp³-hybridized carbons (Fsp3) is 0.133. The third kappa shape index (κ3) is 33.1. The first kappa shape index (κ1) is 93.0. The number of carbonyl (C=O) groups excluding carboxylic acids is 14. The van der Waals surface area contributed by atoms with Gasteiger partial charge >= 0.3 is 47.8 Å². The topological polar surface area (TPSA) is 361 Å². The molecule has 4 amide bonds. The number of ether oxygens (including phenoxy) is 8. The highest BCUT2D eigenvalue weighted by atomic mass is 16.6. The molecule has 598 valence electrons. The average Bonchev–Trinajstić information content (AvgIpc) is 0.850. The fourth-order valence-electron chi connectivity index (χ4n) is 7.76. The molecule has 116 heavy (non-hydrogen) atoms. The van der Waals surface area contributed by atoms with Crippen LogP contribution in [0.5, 0.6) is 46.0 Å². The standard InChI is InChI=1S/2C21H19NO5.C20H18O6.2C14H15NO3/c1-13(2)19(23)22-16-7-11-18(12-8-16)27-21(25)15-5-9-17(10-6-15)26-20(24)14(3)4;1-13(2)19(23)22-16-7-5-15(6-8-16)21(25)27-18-11-9-17(10-12-18)26-20(24)14(3)4;1-12(2)19(23)25-16-8-4-14(5-9-16)18(22)15-6-10-17(11-7-15)26-20(24)13(3)21;1-9(2)13(16)15-11-5-7-12(8-6-11)18-14(17)10(3)4;1-9(2)13(16)15-11-6-5-7-12(8-11)18-14(17)10(3)4/h2*5-12H,1,3H2,2,4H3,(H,22,23);4-12H,1-3H3;2*5-8H,1,3H2,2,4H3,(H,15,16).